The van der Waals surface area contributed by atoms with Gasteiger partial charge in [0.1, 0.15) is 5.82 Å². The van der Waals surface area contributed by atoms with Gasteiger partial charge in [-0.3, -0.25) is 4.98 Å². The number of carbonyl (C=O) groups is 1. The van der Waals surface area contributed by atoms with E-state index < -0.39 is 17.5 Å². The zero-order chi connectivity index (χ0) is 12.4. The molecule has 0 fully saturated rings. The van der Waals surface area contributed by atoms with Gasteiger partial charge in [0.25, 0.3) is 0 Å². The van der Waals surface area contributed by atoms with E-state index in [2.05, 4.69) is 14.7 Å². The number of nitrogens with one attached hydrogen (secondary N) is 2. The largest absolute Gasteiger partial charge is 0.464 e. The van der Waals surface area contributed by atoms with Crippen LogP contribution in [0.15, 0.2) is 29.1 Å². The van der Waals surface area contributed by atoms with Gasteiger partial charge in [-0.05, 0) is 24.3 Å². The molecule has 2 aromatic rings. The van der Waals surface area contributed by atoms with Crippen molar-refractivity contribution in [3.63, 3.8) is 0 Å². The standard InChI is InChI=1S/C11H9FN2O3/c1-17-10(15)9-8(13-11(16)14-9)6-2-4-7(12)5-3-6/h2-5H,1H3,(H2,13,14,16). The van der Waals surface area contributed by atoms with E-state index >= 15 is 0 Å². The molecule has 0 aliphatic rings. The van der Waals surface area contributed by atoms with E-state index in [1.165, 1.54) is 31.4 Å². The lowest BCUT2D eigenvalue weighted by molar-refractivity contribution is 0.0595. The average Bonchev–Trinajstić information content (AvgIpc) is 2.71. The van der Waals surface area contributed by atoms with Crippen molar-refractivity contribution in [3.05, 3.63) is 46.3 Å². The zero-order valence-electron chi connectivity index (χ0n) is 8.91. The van der Waals surface area contributed by atoms with Crippen LogP contribution in [0.4, 0.5) is 4.39 Å². The van der Waals surface area contributed by atoms with Crippen LogP contribution in [0, 0.1) is 5.82 Å². The Morgan fingerprint density at radius 2 is 1.88 bits per heavy atom. The number of imidazole rings is 1. The van der Waals surface area contributed by atoms with Crippen molar-refractivity contribution in [1.82, 2.24) is 9.97 Å². The number of H-pyrrole nitrogens is 2. The van der Waals surface area contributed by atoms with Crippen molar-refractivity contribution in [3.8, 4) is 11.3 Å². The number of rotatable bonds is 2. The molecular weight excluding hydrogens is 227 g/mol. The highest BCUT2D eigenvalue weighted by atomic mass is 19.1. The van der Waals surface area contributed by atoms with E-state index in [1.807, 2.05) is 0 Å². The fraction of sp³-hybridized carbons (Fsp3) is 0.0909. The van der Waals surface area contributed by atoms with E-state index in [1.54, 1.807) is 0 Å². The minimum atomic E-state index is -0.664. The van der Waals surface area contributed by atoms with Gasteiger partial charge in [0, 0.05) is 5.56 Å². The van der Waals surface area contributed by atoms with Gasteiger partial charge < -0.3 is 9.72 Å². The van der Waals surface area contributed by atoms with Gasteiger partial charge >= 0.3 is 11.7 Å². The lowest BCUT2D eigenvalue weighted by Crippen LogP contribution is -2.06. The summed E-state index contributed by atoms with van der Waals surface area (Å²) in [5.74, 6) is -1.06. The Hall–Kier alpha value is -2.37. The molecule has 1 aromatic heterocycles. The molecule has 0 aliphatic heterocycles. The number of methoxy groups -OCH3 is 1. The smallest absolute Gasteiger partial charge is 0.356 e. The summed E-state index contributed by atoms with van der Waals surface area (Å²) < 4.78 is 17.3. The summed E-state index contributed by atoms with van der Waals surface area (Å²) >= 11 is 0. The summed E-state index contributed by atoms with van der Waals surface area (Å²) in [6.45, 7) is 0. The number of esters is 1. The topological polar surface area (TPSA) is 75.0 Å². The highest BCUT2D eigenvalue weighted by Gasteiger charge is 2.16. The van der Waals surface area contributed by atoms with Crippen molar-refractivity contribution in [1.29, 1.82) is 0 Å². The minimum absolute atomic E-state index is 0.0177. The second-order valence-corrected chi connectivity index (χ2v) is 3.33. The minimum Gasteiger partial charge on any atom is -0.464 e. The van der Waals surface area contributed by atoms with Crippen LogP contribution in [0.25, 0.3) is 11.3 Å². The number of hydrogen-bond acceptors (Lipinski definition) is 3. The molecule has 0 saturated heterocycles. The van der Waals surface area contributed by atoms with Gasteiger partial charge in [0.15, 0.2) is 5.69 Å². The van der Waals surface area contributed by atoms with Gasteiger partial charge in [-0.25, -0.2) is 14.0 Å². The quantitative estimate of drug-likeness (QED) is 0.771. The average molecular weight is 236 g/mol. The molecule has 0 amide bonds. The molecule has 0 spiro atoms. The highest BCUT2D eigenvalue weighted by Crippen LogP contribution is 2.19. The summed E-state index contributed by atoms with van der Waals surface area (Å²) in [6.07, 6.45) is 0. The molecule has 0 saturated carbocycles. The summed E-state index contributed by atoms with van der Waals surface area (Å²) in [4.78, 5) is 27.4. The number of ether oxygens (including phenoxy) is 1. The van der Waals surface area contributed by atoms with Crippen molar-refractivity contribution in [2.75, 3.05) is 7.11 Å². The molecule has 1 heterocycles. The normalized spacial score (nSPS) is 10.2. The van der Waals surface area contributed by atoms with Gasteiger partial charge in [0.2, 0.25) is 0 Å². The number of hydrogen-bond donors (Lipinski definition) is 2. The Bertz CT molecular complexity index is 598. The first-order valence-corrected chi connectivity index (χ1v) is 4.78. The molecule has 0 bridgehead atoms. The number of carbonyl (C=O) groups excluding carboxylic acids is 1. The number of aromatic nitrogens is 2. The molecule has 0 aliphatic carbocycles. The Morgan fingerprint density at radius 3 is 2.47 bits per heavy atom. The molecule has 1 aromatic carbocycles. The van der Waals surface area contributed by atoms with Gasteiger partial charge in [0.05, 0.1) is 12.8 Å². The predicted octanol–water partition coefficient (Wildman–Crippen LogP) is 1.30. The van der Waals surface area contributed by atoms with E-state index in [0.717, 1.165) is 0 Å². The van der Waals surface area contributed by atoms with Crippen LogP contribution >= 0.6 is 0 Å². The van der Waals surface area contributed by atoms with Crippen molar-refractivity contribution >= 4 is 5.97 Å². The maximum absolute atomic E-state index is 12.8. The fourth-order valence-electron chi connectivity index (χ4n) is 1.47. The first-order valence-electron chi connectivity index (χ1n) is 4.78. The number of benzene rings is 1. The Morgan fingerprint density at radius 1 is 1.24 bits per heavy atom. The van der Waals surface area contributed by atoms with E-state index in [0.29, 0.717) is 5.56 Å². The zero-order valence-corrected chi connectivity index (χ0v) is 8.91. The second-order valence-electron chi connectivity index (χ2n) is 3.33. The maximum Gasteiger partial charge on any atom is 0.356 e. The maximum atomic E-state index is 12.8. The second kappa shape index (κ2) is 4.25. The molecular formula is C11H9FN2O3. The summed E-state index contributed by atoms with van der Waals surface area (Å²) in [7, 11) is 1.21. The Labute approximate surface area is 95.2 Å². The lowest BCUT2D eigenvalue weighted by atomic mass is 10.1. The number of aromatic amines is 2. The van der Waals surface area contributed by atoms with Crippen LogP contribution < -0.4 is 5.69 Å². The first kappa shape index (κ1) is 11.1. The van der Waals surface area contributed by atoms with Crippen LogP contribution in [0.1, 0.15) is 10.5 Å². The van der Waals surface area contributed by atoms with Crippen molar-refractivity contribution in [2.45, 2.75) is 0 Å². The van der Waals surface area contributed by atoms with Crippen LogP contribution in [-0.4, -0.2) is 23.0 Å². The molecule has 0 radical (unpaired) electrons. The van der Waals surface area contributed by atoms with Crippen LogP contribution in [0.2, 0.25) is 0 Å². The van der Waals surface area contributed by atoms with E-state index in [-0.39, 0.29) is 11.4 Å². The monoisotopic (exact) mass is 236 g/mol. The molecule has 2 N–H and O–H groups in total. The molecule has 0 unspecified atom stereocenters. The van der Waals surface area contributed by atoms with Crippen molar-refractivity contribution in [2.24, 2.45) is 0 Å². The van der Waals surface area contributed by atoms with Crippen LogP contribution in [0.5, 0.6) is 0 Å². The highest BCUT2D eigenvalue weighted by molar-refractivity contribution is 5.94. The molecule has 88 valence electrons. The van der Waals surface area contributed by atoms with E-state index in [4.69, 9.17) is 0 Å². The molecule has 17 heavy (non-hydrogen) atoms. The SMILES string of the molecule is COC(=O)c1[nH]c(=O)[nH]c1-c1ccc(F)cc1. The Balaban J connectivity index is 2.55. The van der Waals surface area contributed by atoms with Gasteiger partial charge in [-0.2, -0.15) is 0 Å². The summed E-state index contributed by atoms with van der Waals surface area (Å²) in [5, 5.41) is 0. The molecule has 5 nitrogen and oxygen atoms in total. The molecule has 0 atom stereocenters. The van der Waals surface area contributed by atoms with Gasteiger partial charge in [-0.15, -0.1) is 0 Å². The Kier molecular flexibility index (Phi) is 2.78. The van der Waals surface area contributed by atoms with Crippen LogP contribution in [-0.2, 0) is 4.74 Å². The van der Waals surface area contributed by atoms with E-state index in [9.17, 15) is 14.0 Å². The fourth-order valence-corrected chi connectivity index (χ4v) is 1.47. The third-order valence-corrected chi connectivity index (χ3v) is 2.25. The molecule has 6 heteroatoms. The van der Waals surface area contributed by atoms with Crippen molar-refractivity contribution < 1.29 is 13.9 Å². The summed E-state index contributed by atoms with van der Waals surface area (Å²) in [5.41, 5.74) is 0.292. The summed E-state index contributed by atoms with van der Waals surface area (Å²) in [6, 6.07) is 5.39. The third kappa shape index (κ3) is 2.10. The lowest BCUT2D eigenvalue weighted by Gasteiger charge is -2.01. The predicted molar refractivity (Wildman–Crippen MR) is 58.1 cm³/mol. The van der Waals surface area contributed by atoms with Crippen LogP contribution in [0.3, 0.4) is 0 Å². The first-order chi connectivity index (χ1) is 8.11. The third-order valence-electron chi connectivity index (χ3n) is 2.25. The molecule has 2 rings (SSSR count). The van der Waals surface area contributed by atoms with Gasteiger partial charge in [-0.1, -0.05) is 0 Å². The number of halogens is 1.